The van der Waals surface area contributed by atoms with Crippen LogP contribution in [0, 0.1) is 13.8 Å². The summed E-state index contributed by atoms with van der Waals surface area (Å²) in [5.41, 5.74) is 1.25. The van der Waals surface area contributed by atoms with Gasteiger partial charge in [-0.2, -0.15) is 0 Å². The van der Waals surface area contributed by atoms with E-state index in [0.29, 0.717) is 27.6 Å². The van der Waals surface area contributed by atoms with Gasteiger partial charge >= 0.3 is 0 Å². The highest BCUT2D eigenvalue weighted by atomic mass is 35.5. The first-order valence-corrected chi connectivity index (χ1v) is 9.71. The zero-order valence-corrected chi connectivity index (χ0v) is 17.5. The van der Waals surface area contributed by atoms with E-state index in [1.165, 1.54) is 36.5 Å². The Balaban J connectivity index is 1.77. The maximum Gasteiger partial charge on any atom is 0.262 e. The molecule has 1 amide bonds. The molecule has 0 aliphatic carbocycles. The number of aromatic nitrogens is 2. The number of benzene rings is 1. The third-order valence-electron chi connectivity index (χ3n) is 4.48. The minimum atomic E-state index is -0.270. The van der Waals surface area contributed by atoms with E-state index in [1.807, 2.05) is 13.8 Å². The zero-order chi connectivity index (χ0) is 20.4. The molecular formula is C19H20ClN3O4S. The van der Waals surface area contributed by atoms with E-state index in [1.54, 1.807) is 12.1 Å². The first-order chi connectivity index (χ1) is 13.3. The highest BCUT2D eigenvalue weighted by Gasteiger charge is 2.15. The smallest absolute Gasteiger partial charge is 0.262 e. The Kier molecular flexibility index (Phi) is 5.90. The van der Waals surface area contributed by atoms with Crippen LogP contribution in [0.25, 0.3) is 10.2 Å². The minimum absolute atomic E-state index is 0.101. The van der Waals surface area contributed by atoms with E-state index in [0.717, 1.165) is 15.3 Å². The average molecular weight is 422 g/mol. The monoisotopic (exact) mass is 421 g/mol. The second kappa shape index (κ2) is 8.20. The zero-order valence-electron chi connectivity index (χ0n) is 16.0. The Hall–Kier alpha value is -2.58. The van der Waals surface area contributed by atoms with E-state index in [4.69, 9.17) is 21.1 Å². The molecule has 0 fully saturated rings. The molecule has 28 heavy (non-hydrogen) atoms. The summed E-state index contributed by atoms with van der Waals surface area (Å²) in [6.07, 6.45) is 1.59. The van der Waals surface area contributed by atoms with Crippen LogP contribution >= 0.6 is 22.9 Å². The molecule has 0 radical (unpaired) electrons. The van der Waals surface area contributed by atoms with Gasteiger partial charge in [-0.1, -0.05) is 11.6 Å². The van der Waals surface area contributed by atoms with E-state index in [2.05, 4.69) is 10.3 Å². The molecule has 7 nitrogen and oxygen atoms in total. The standard InChI is InChI=1S/C19H20ClN3O4S/c1-10-11(2)28-18-17(10)19(25)23(9-21-18)6-5-16(24)22-13-8-14(26-3)12(20)7-15(13)27-4/h7-9H,5-6H2,1-4H3,(H,22,24). The lowest BCUT2D eigenvalue weighted by Crippen LogP contribution is -2.23. The van der Waals surface area contributed by atoms with Gasteiger partial charge in [0.25, 0.3) is 5.56 Å². The molecule has 0 atom stereocenters. The highest BCUT2D eigenvalue weighted by molar-refractivity contribution is 7.18. The van der Waals surface area contributed by atoms with E-state index in [9.17, 15) is 9.59 Å². The number of carbonyl (C=O) groups excluding carboxylic acids is 1. The summed E-state index contributed by atoms with van der Waals surface area (Å²) < 4.78 is 11.9. The summed E-state index contributed by atoms with van der Waals surface area (Å²) >= 11 is 7.57. The maximum atomic E-state index is 12.7. The molecule has 0 aliphatic heterocycles. The van der Waals surface area contributed by atoms with Crippen molar-refractivity contribution in [1.82, 2.24) is 9.55 Å². The van der Waals surface area contributed by atoms with Crippen molar-refractivity contribution >= 4 is 44.7 Å². The molecule has 2 aromatic heterocycles. The van der Waals surface area contributed by atoms with Crippen LogP contribution in [0.5, 0.6) is 11.5 Å². The molecular weight excluding hydrogens is 402 g/mol. The topological polar surface area (TPSA) is 82.5 Å². The number of ether oxygens (including phenoxy) is 2. The molecule has 0 bridgehead atoms. The molecule has 0 saturated carbocycles. The van der Waals surface area contributed by atoms with Gasteiger partial charge in [0.1, 0.15) is 16.3 Å². The number of anilines is 1. The summed E-state index contributed by atoms with van der Waals surface area (Å²) in [6.45, 7) is 4.09. The van der Waals surface area contributed by atoms with Gasteiger partial charge in [-0.25, -0.2) is 4.98 Å². The van der Waals surface area contributed by atoms with Crippen LogP contribution in [-0.4, -0.2) is 29.7 Å². The fourth-order valence-corrected chi connectivity index (χ4v) is 4.04. The summed E-state index contributed by atoms with van der Waals surface area (Å²) in [4.78, 5) is 31.2. The molecule has 0 unspecified atom stereocenters. The molecule has 1 aromatic carbocycles. The van der Waals surface area contributed by atoms with Crippen molar-refractivity contribution in [2.75, 3.05) is 19.5 Å². The number of halogens is 1. The first-order valence-electron chi connectivity index (χ1n) is 8.52. The Morgan fingerprint density at radius 3 is 2.64 bits per heavy atom. The lowest BCUT2D eigenvalue weighted by Gasteiger charge is -2.13. The van der Waals surface area contributed by atoms with Crippen molar-refractivity contribution in [3.8, 4) is 11.5 Å². The number of fused-ring (bicyclic) bond motifs is 1. The van der Waals surface area contributed by atoms with Gasteiger partial charge in [-0.3, -0.25) is 14.2 Å². The lowest BCUT2D eigenvalue weighted by molar-refractivity contribution is -0.116. The fraction of sp³-hybridized carbons (Fsp3) is 0.316. The van der Waals surface area contributed by atoms with Crippen LogP contribution in [-0.2, 0) is 11.3 Å². The number of nitrogens with zero attached hydrogens (tertiary/aromatic N) is 2. The van der Waals surface area contributed by atoms with Crippen molar-refractivity contribution in [2.45, 2.75) is 26.8 Å². The predicted octanol–water partition coefficient (Wildman–Crippen LogP) is 3.77. The number of aryl methyl sites for hydroxylation is 3. The van der Waals surface area contributed by atoms with Gasteiger partial charge < -0.3 is 14.8 Å². The fourth-order valence-electron chi connectivity index (χ4n) is 2.82. The van der Waals surface area contributed by atoms with E-state index in [-0.39, 0.29) is 24.4 Å². The van der Waals surface area contributed by atoms with Crippen LogP contribution in [0.2, 0.25) is 5.02 Å². The Morgan fingerprint density at radius 2 is 1.96 bits per heavy atom. The Labute approximate surface area is 170 Å². The van der Waals surface area contributed by atoms with Gasteiger partial charge in [0.2, 0.25) is 5.91 Å². The SMILES string of the molecule is COc1cc(NC(=O)CCn2cnc3sc(C)c(C)c3c2=O)c(OC)cc1Cl. The second-order valence-electron chi connectivity index (χ2n) is 6.19. The normalized spacial score (nSPS) is 10.9. The molecule has 2 heterocycles. The largest absolute Gasteiger partial charge is 0.495 e. The number of methoxy groups -OCH3 is 2. The summed E-state index contributed by atoms with van der Waals surface area (Å²) in [7, 11) is 2.97. The third kappa shape index (κ3) is 3.83. The quantitative estimate of drug-likeness (QED) is 0.655. The third-order valence-corrected chi connectivity index (χ3v) is 5.89. The van der Waals surface area contributed by atoms with Crippen LogP contribution in [0.1, 0.15) is 16.9 Å². The van der Waals surface area contributed by atoms with Gasteiger partial charge in [0.05, 0.1) is 36.6 Å². The second-order valence-corrected chi connectivity index (χ2v) is 7.80. The maximum absolute atomic E-state index is 12.7. The highest BCUT2D eigenvalue weighted by Crippen LogP contribution is 2.35. The number of nitrogens with one attached hydrogen (secondary N) is 1. The lowest BCUT2D eigenvalue weighted by atomic mass is 10.2. The molecule has 1 N–H and O–H groups in total. The first kappa shape index (κ1) is 20.2. The van der Waals surface area contributed by atoms with Crippen molar-refractivity contribution in [3.05, 3.63) is 44.3 Å². The number of rotatable bonds is 6. The van der Waals surface area contributed by atoms with Crippen molar-refractivity contribution in [2.24, 2.45) is 0 Å². The summed E-state index contributed by atoms with van der Waals surface area (Å²) in [5, 5.41) is 3.77. The van der Waals surface area contributed by atoms with Crippen molar-refractivity contribution < 1.29 is 14.3 Å². The van der Waals surface area contributed by atoms with E-state index >= 15 is 0 Å². The van der Waals surface area contributed by atoms with Gasteiger partial charge in [-0.05, 0) is 19.4 Å². The molecule has 148 valence electrons. The summed E-state index contributed by atoms with van der Waals surface area (Å²) in [5.74, 6) is 0.573. The van der Waals surface area contributed by atoms with Crippen molar-refractivity contribution in [1.29, 1.82) is 0 Å². The summed E-state index contributed by atoms with van der Waals surface area (Å²) in [6, 6.07) is 3.16. The number of thiophene rings is 1. The number of hydrogen-bond acceptors (Lipinski definition) is 6. The van der Waals surface area contributed by atoms with Crippen molar-refractivity contribution in [3.63, 3.8) is 0 Å². The number of amides is 1. The average Bonchev–Trinajstić information content (AvgIpc) is 2.96. The Morgan fingerprint density at radius 1 is 1.25 bits per heavy atom. The van der Waals surface area contributed by atoms with Gasteiger partial charge in [0, 0.05) is 30.0 Å². The molecule has 0 spiro atoms. The van der Waals surface area contributed by atoms with Crippen LogP contribution < -0.4 is 20.3 Å². The minimum Gasteiger partial charge on any atom is -0.495 e. The van der Waals surface area contributed by atoms with Crippen LogP contribution in [0.15, 0.2) is 23.3 Å². The van der Waals surface area contributed by atoms with Crippen LogP contribution in [0.4, 0.5) is 5.69 Å². The number of carbonyl (C=O) groups is 1. The van der Waals surface area contributed by atoms with Crippen LogP contribution in [0.3, 0.4) is 0 Å². The molecule has 0 aliphatic rings. The molecule has 3 rings (SSSR count). The van der Waals surface area contributed by atoms with Gasteiger partial charge in [0.15, 0.2) is 0 Å². The number of hydrogen-bond donors (Lipinski definition) is 1. The van der Waals surface area contributed by atoms with E-state index < -0.39 is 0 Å². The van der Waals surface area contributed by atoms with Gasteiger partial charge in [-0.15, -0.1) is 11.3 Å². The molecule has 0 saturated heterocycles. The Bertz CT molecular complexity index is 1110. The molecule has 9 heteroatoms. The molecule has 3 aromatic rings. The predicted molar refractivity (Wildman–Crippen MR) is 111 cm³/mol.